The van der Waals surface area contributed by atoms with E-state index >= 15 is 0 Å². The van der Waals surface area contributed by atoms with Crippen molar-refractivity contribution in [2.24, 2.45) is 5.92 Å². The summed E-state index contributed by atoms with van der Waals surface area (Å²) in [6.07, 6.45) is -0.934. The molecular weight excluding hydrogens is 387 g/mol. The van der Waals surface area contributed by atoms with Crippen molar-refractivity contribution in [3.8, 4) is 5.88 Å². The fourth-order valence-corrected chi connectivity index (χ4v) is 2.79. The van der Waals surface area contributed by atoms with Crippen LogP contribution < -0.4 is 10.1 Å². The molecule has 1 atom stereocenters. The van der Waals surface area contributed by atoms with Crippen molar-refractivity contribution in [2.45, 2.75) is 32.0 Å². The Morgan fingerprint density at radius 1 is 1.41 bits per heavy atom. The van der Waals surface area contributed by atoms with Gasteiger partial charge in [-0.2, -0.15) is 13.2 Å². The smallest absolute Gasteiger partial charge is 0.408 e. The molecular formula is C19H20F3N5O2. The number of halogens is 3. The average molecular weight is 407 g/mol. The monoisotopic (exact) mass is 407 g/mol. The van der Waals surface area contributed by atoms with Crippen LogP contribution in [0.5, 0.6) is 5.88 Å². The summed E-state index contributed by atoms with van der Waals surface area (Å²) in [6, 6.07) is 3.14. The quantitative estimate of drug-likeness (QED) is 0.612. The van der Waals surface area contributed by atoms with Gasteiger partial charge in [0.1, 0.15) is 17.6 Å². The normalized spacial score (nSPS) is 15.7. The highest BCUT2D eigenvalue weighted by Crippen LogP contribution is 2.40. The first-order valence-electron chi connectivity index (χ1n) is 8.90. The number of carbonyl (C=O) groups excluding carboxylic acids is 1. The lowest BCUT2D eigenvalue weighted by Crippen LogP contribution is -2.47. The van der Waals surface area contributed by atoms with Crippen LogP contribution in [0.1, 0.15) is 41.8 Å². The molecule has 10 heteroatoms. The van der Waals surface area contributed by atoms with Gasteiger partial charge in [0.05, 0.1) is 24.7 Å². The van der Waals surface area contributed by atoms with E-state index in [0.29, 0.717) is 30.0 Å². The molecule has 1 aliphatic carbocycles. The number of carbonyl (C=O) groups is 1. The van der Waals surface area contributed by atoms with Gasteiger partial charge < -0.3 is 15.0 Å². The number of H-pyrrole nitrogens is 1. The minimum atomic E-state index is -4.49. The number of hydrogen-bond acceptors (Lipinski definition) is 5. The first-order valence-corrected chi connectivity index (χ1v) is 8.90. The molecule has 1 fully saturated rings. The van der Waals surface area contributed by atoms with Crippen LogP contribution in [0.15, 0.2) is 30.5 Å². The van der Waals surface area contributed by atoms with Crippen LogP contribution in [0.3, 0.4) is 0 Å². The summed E-state index contributed by atoms with van der Waals surface area (Å²) < 4.78 is 44.3. The van der Waals surface area contributed by atoms with Gasteiger partial charge in [-0.3, -0.25) is 10.2 Å². The van der Waals surface area contributed by atoms with E-state index in [4.69, 9.17) is 10.1 Å². The molecule has 0 bridgehead atoms. The van der Waals surface area contributed by atoms with Gasteiger partial charge in [0.15, 0.2) is 0 Å². The maximum Gasteiger partial charge on any atom is 0.408 e. The molecule has 0 radical (unpaired) electrons. The molecule has 2 aromatic rings. The molecule has 2 aromatic heterocycles. The van der Waals surface area contributed by atoms with Crippen LogP contribution in [0.4, 0.5) is 13.2 Å². The molecule has 1 amide bonds. The number of pyridine rings is 1. The number of hydrogen-bond donors (Lipinski definition) is 3. The van der Waals surface area contributed by atoms with E-state index in [1.807, 2.05) is 5.32 Å². The topological polar surface area (TPSA) is 104 Å². The van der Waals surface area contributed by atoms with E-state index in [-0.39, 0.29) is 17.2 Å². The Kier molecular flexibility index (Phi) is 5.71. The Balaban J connectivity index is 1.72. The van der Waals surface area contributed by atoms with E-state index in [1.165, 1.54) is 19.4 Å². The molecule has 1 saturated carbocycles. The number of aromatic amines is 1. The minimum Gasteiger partial charge on any atom is -0.481 e. The zero-order chi connectivity index (χ0) is 21.2. The van der Waals surface area contributed by atoms with Gasteiger partial charge in [-0.05, 0) is 43.4 Å². The van der Waals surface area contributed by atoms with Gasteiger partial charge >= 0.3 is 6.18 Å². The van der Waals surface area contributed by atoms with E-state index in [1.54, 1.807) is 25.1 Å². The minimum absolute atomic E-state index is 0.0753. The Morgan fingerprint density at radius 2 is 2.14 bits per heavy atom. The summed E-state index contributed by atoms with van der Waals surface area (Å²) in [5.74, 6) is -0.794. The first-order chi connectivity index (χ1) is 13.7. The molecule has 1 aliphatic rings. The third-order valence-corrected chi connectivity index (χ3v) is 4.50. The van der Waals surface area contributed by atoms with Crippen LogP contribution in [0.25, 0.3) is 5.57 Å². The SMILES string of the molecule is COc1cccc(C(=N)/C=C(/C)c2ncc(C(=O)NC(C3CC3)C(F)(F)F)[nH]2)n1. The molecule has 154 valence electrons. The Bertz CT molecular complexity index is 947. The number of allylic oxidation sites excluding steroid dienone is 2. The first kappa shape index (κ1) is 20.6. The van der Waals surface area contributed by atoms with Gasteiger partial charge in [0.2, 0.25) is 5.88 Å². The van der Waals surface area contributed by atoms with Gasteiger partial charge in [-0.1, -0.05) is 6.07 Å². The Morgan fingerprint density at radius 3 is 2.76 bits per heavy atom. The second-order valence-electron chi connectivity index (χ2n) is 6.78. The number of nitrogens with zero attached hydrogens (tertiary/aromatic N) is 2. The van der Waals surface area contributed by atoms with Gasteiger partial charge in [-0.25, -0.2) is 9.97 Å². The summed E-state index contributed by atoms with van der Waals surface area (Å²) in [7, 11) is 1.47. The standard InChI is InChI=1S/C19H20F3N5O2/c1-10(8-12(23)13-4-3-5-15(25-13)29-2)17-24-9-14(26-17)18(28)27-16(11-6-7-11)19(20,21)22/h3-5,8-9,11,16,23H,6-7H2,1-2H3,(H,24,26)(H,27,28)/b10-8-,23-12?. The van der Waals surface area contributed by atoms with Gasteiger partial charge in [0, 0.05) is 6.07 Å². The number of methoxy groups -OCH3 is 1. The zero-order valence-electron chi connectivity index (χ0n) is 15.8. The number of amides is 1. The highest BCUT2D eigenvalue weighted by atomic mass is 19.4. The largest absolute Gasteiger partial charge is 0.481 e. The summed E-state index contributed by atoms with van der Waals surface area (Å²) in [4.78, 5) is 23.1. The highest BCUT2D eigenvalue weighted by molar-refractivity contribution is 6.08. The summed E-state index contributed by atoms with van der Waals surface area (Å²) in [5, 5.41) is 10.2. The molecule has 1 unspecified atom stereocenters. The van der Waals surface area contributed by atoms with Crippen molar-refractivity contribution in [3.63, 3.8) is 0 Å². The number of imidazole rings is 1. The highest BCUT2D eigenvalue weighted by Gasteiger charge is 2.49. The van der Waals surface area contributed by atoms with E-state index < -0.39 is 24.0 Å². The van der Waals surface area contributed by atoms with Crippen molar-refractivity contribution in [3.05, 3.63) is 47.7 Å². The zero-order valence-corrected chi connectivity index (χ0v) is 15.8. The van der Waals surface area contributed by atoms with Crippen LogP contribution >= 0.6 is 0 Å². The Labute approximate surface area is 164 Å². The predicted octanol–water partition coefficient (Wildman–Crippen LogP) is 3.36. The maximum atomic E-state index is 13.1. The van der Waals surface area contributed by atoms with E-state index in [2.05, 4.69) is 15.0 Å². The van der Waals surface area contributed by atoms with Gasteiger partial charge in [-0.15, -0.1) is 0 Å². The predicted molar refractivity (Wildman–Crippen MR) is 99.9 cm³/mol. The molecule has 0 saturated heterocycles. The third-order valence-electron chi connectivity index (χ3n) is 4.50. The maximum absolute atomic E-state index is 13.1. The molecule has 0 spiro atoms. The van der Waals surface area contributed by atoms with Crippen LogP contribution in [-0.4, -0.2) is 45.9 Å². The second kappa shape index (κ2) is 8.06. The molecule has 0 aliphatic heterocycles. The van der Waals surface area contributed by atoms with Gasteiger partial charge in [0.25, 0.3) is 5.91 Å². The molecule has 3 N–H and O–H groups in total. The molecule has 7 nitrogen and oxygen atoms in total. The van der Waals surface area contributed by atoms with Crippen LogP contribution in [-0.2, 0) is 0 Å². The number of ether oxygens (including phenoxy) is 1. The lowest BCUT2D eigenvalue weighted by molar-refractivity contribution is -0.158. The lowest BCUT2D eigenvalue weighted by atomic mass is 10.1. The summed E-state index contributed by atoms with van der Waals surface area (Å²) >= 11 is 0. The lowest BCUT2D eigenvalue weighted by Gasteiger charge is -2.20. The van der Waals surface area contributed by atoms with Crippen molar-refractivity contribution in [2.75, 3.05) is 7.11 Å². The van der Waals surface area contributed by atoms with E-state index in [0.717, 1.165) is 0 Å². The van der Waals surface area contributed by atoms with Crippen molar-refractivity contribution in [1.82, 2.24) is 20.3 Å². The Hall–Kier alpha value is -3.17. The molecule has 3 rings (SSSR count). The molecule has 2 heterocycles. The van der Waals surface area contributed by atoms with Crippen molar-refractivity contribution < 1.29 is 22.7 Å². The molecule has 0 aromatic carbocycles. The van der Waals surface area contributed by atoms with Crippen molar-refractivity contribution >= 4 is 17.2 Å². The third kappa shape index (κ3) is 5.01. The fraction of sp³-hybridized carbons (Fsp3) is 0.368. The summed E-state index contributed by atoms with van der Waals surface area (Å²) in [5.41, 5.74) is 0.919. The average Bonchev–Trinajstić information content (AvgIpc) is 3.39. The number of alkyl halides is 3. The molecule has 29 heavy (non-hydrogen) atoms. The fourth-order valence-electron chi connectivity index (χ4n) is 2.79. The van der Waals surface area contributed by atoms with E-state index in [9.17, 15) is 18.0 Å². The summed E-state index contributed by atoms with van der Waals surface area (Å²) in [6.45, 7) is 1.66. The number of rotatable bonds is 7. The van der Waals surface area contributed by atoms with Crippen LogP contribution in [0, 0.1) is 11.3 Å². The van der Waals surface area contributed by atoms with Crippen molar-refractivity contribution in [1.29, 1.82) is 5.41 Å². The second-order valence-corrected chi connectivity index (χ2v) is 6.78. The number of aromatic nitrogens is 3. The van der Waals surface area contributed by atoms with Crippen LogP contribution in [0.2, 0.25) is 0 Å². The number of nitrogens with one attached hydrogen (secondary N) is 3.